The number of ether oxygens (including phenoxy) is 1. The van der Waals surface area contributed by atoms with E-state index in [-0.39, 0.29) is 6.04 Å². The van der Waals surface area contributed by atoms with Gasteiger partial charge in [0.05, 0.1) is 6.61 Å². The van der Waals surface area contributed by atoms with Crippen LogP contribution in [0.5, 0.6) is 5.75 Å². The Morgan fingerprint density at radius 3 is 2.06 bits per heavy atom. The summed E-state index contributed by atoms with van der Waals surface area (Å²) in [6.45, 7) is 11.3. The summed E-state index contributed by atoms with van der Waals surface area (Å²) in [4.78, 5) is 0. The Hall–Kier alpha value is -1.02. The largest absolute Gasteiger partial charge is 0.493 e. The Kier molecular flexibility index (Phi) is 5.01. The summed E-state index contributed by atoms with van der Waals surface area (Å²) >= 11 is 0. The van der Waals surface area contributed by atoms with Gasteiger partial charge in [0.25, 0.3) is 0 Å². The van der Waals surface area contributed by atoms with Crippen molar-refractivity contribution in [2.24, 2.45) is 11.7 Å². The number of hydrogen-bond acceptors (Lipinski definition) is 2. The highest BCUT2D eigenvalue weighted by Crippen LogP contribution is 2.25. The van der Waals surface area contributed by atoms with Crippen molar-refractivity contribution in [3.05, 3.63) is 28.8 Å². The summed E-state index contributed by atoms with van der Waals surface area (Å²) in [6, 6.07) is 4.58. The van der Waals surface area contributed by atoms with E-state index in [0.29, 0.717) is 5.92 Å². The number of aryl methyl sites for hydroxylation is 2. The third kappa shape index (κ3) is 4.39. The highest BCUT2D eigenvalue weighted by molar-refractivity contribution is 5.43. The van der Waals surface area contributed by atoms with Gasteiger partial charge in [-0.2, -0.15) is 0 Å². The highest BCUT2D eigenvalue weighted by Gasteiger charge is 2.08. The summed E-state index contributed by atoms with van der Waals surface area (Å²) in [6.07, 6.45) is 0.923. The molecule has 17 heavy (non-hydrogen) atoms. The molecule has 0 amide bonds. The van der Waals surface area contributed by atoms with Crippen LogP contribution in [0.3, 0.4) is 0 Å². The first-order valence-corrected chi connectivity index (χ1v) is 6.38. The molecule has 0 saturated heterocycles. The maximum absolute atomic E-state index is 5.86. The SMILES string of the molecule is Cc1cc(CC(C)N)cc(C)c1OCC(C)C. The molecule has 0 aromatic heterocycles. The molecule has 0 radical (unpaired) electrons. The molecule has 2 N–H and O–H groups in total. The van der Waals surface area contributed by atoms with E-state index >= 15 is 0 Å². The first-order valence-electron chi connectivity index (χ1n) is 6.38. The molecule has 0 saturated carbocycles. The third-order valence-corrected chi connectivity index (χ3v) is 2.64. The zero-order valence-electron chi connectivity index (χ0n) is 11.7. The van der Waals surface area contributed by atoms with Crippen LogP contribution in [0.1, 0.15) is 37.5 Å². The number of nitrogens with two attached hydrogens (primary N) is 1. The molecule has 1 aromatic carbocycles. The zero-order valence-corrected chi connectivity index (χ0v) is 11.7. The van der Waals surface area contributed by atoms with Gasteiger partial charge in [0.2, 0.25) is 0 Å². The molecule has 2 nitrogen and oxygen atoms in total. The Morgan fingerprint density at radius 1 is 1.12 bits per heavy atom. The Bertz CT molecular complexity index is 346. The minimum Gasteiger partial charge on any atom is -0.493 e. The van der Waals surface area contributed by atoms with Crippen molar-refractivity contribution in [3.8, 4) is 5.75 Å². The molecule has 0 bridgehead atoms. The first kappa shape index (κ1) is 14.0. The number of rotatable bonds is 5. The molecule has 1 unspecified atom stereocenters. The van der Waals surface area contributed by atoms with Gasteiger partial charge in [-0.25, -0.2) is 0 Å². The molecule has 0 heterocycles. The van der Waals surface area contributed by atoms with E-state index in [0.717, 1.165) is 18.8 Å². The minimum absolute atomic E-state index is 0.205. The Labute approximate surface area is 105 Å². The van der Waals surface area contributed by atoms with Crippen LogP contribution < -0.4 is 10.5 Å². The molecule has 96 valence electrons. The smallest absolute Gasteiger partial charge is 0.125 e. The summed E-state index contributed by atoms with van der Waals surface area (Å²) in [5.41, 5.74) is 9.55. The van der Waals surface area contributed by atoms with Crippen LogP contribution in [0.25, 0.3) is 0 Å². The summed E-state index contributed by atoms with van der Waals surface area (Å²) < 4.78 is 5.86. The molecule has 1 aromatic rings. The van der Waals surface area contributed by atoms with Gasteiger partial charge in [-0.15, -0.1) is 0 Å². The van der Waals surface area contributed by atoms with Crippen LogP contribution in [0.2, 0.25) is 0 Å². The van der Waals surface area contributed by atoms with Crippen LogP contribution >= 0.6 is 0 Å². The molecule has 1 atom stereocenters. The Morgan fingerprint density at radius 2 is 1.65 bits per heavy atom. The predicted molar refractivity (Wildman–Crippen MR) is 73.6 cm³/mol. The lowest BCUT2D eigenvalue weighted by Crippen LogP contribution is -2.18. The fraction of sp³-hybridized carbons (Fsp3) is 0.600. The maximum Gasteiger partial charge on any atom is 0.125 e. The molecule has 0 aliphatic carbocycles. The molecule has 2 heteroatoms. The molecule has 0 aliphatic heterocycles. The Balaban J connectivity index is 2.86. The van der Waals surface area contributed by atoms with Gasteiger partial charge in [-0.1, -0.05) is 26.0 Å². The lowest BCUT2D eigenvalue weighted by Gasteiger charge is -2.16. The maximum atomic E-state index is 5.86. The summed E-state index contributed by atoms with van der Waals surface area (Å²) in [5, 5.41) is 0. The van der Waals surface area contributed by atoms with E-state index in [1.165, 1.54) is 16.7 Å². The minimum atomic E-state index is 0.205. The van der Waals surface area contributed by atoms with Gasteiger partial charge in [0, 0.05) is 6.04 Å². The molecule has 0 spiro atoms. The first-order chi connectivity index (χ1) is 7.90. The second kappa shape index (κ2) is 6.06. The van der Waals surface area contributed by atoms with Crippen LogP contribution in [0, 0.1) is 19.8 Å². The van der Waals surface area contributed by atoms with Crippen molar-refractivity contribution in [2.75, 3.05) is 6.61 Å². The monoisotopic (exact) mass is 235 g/mol. The van der Waals surface area contributed by atoms with Gasteiger partial charge < -0.3 is 10.5 Å². The number of hydrogen-bond donors (Lipinski definition) is 1. The van der Waals surface area contributed by atoms with Gasteiger partial charge in [-0.3, -0.25) is 0 Å². The highest BCUT2D eigenvalue weighted by atomic mass is 16.5. The number of benzene rings is 1. The lowest BCUT2D eigenvalue weighted by molar-refractivity contribution is 0.267. The van der Waals surface area contributed by atoms with E-state index < -0.39 is 0 Å². The standard InChI is InChI=1S/C15H25NO/c1-10(2)9-17-15-11(3)6-14(7-12(15)4)8-13(5)16/h6-7,10,13H,8-9,16H2,1-5H3. The van der Waals surface area contributed by atoms with Crippen LogP contribution in [-0.4, -0.2) is 12.6 Å². The van der Waals surface area contributed by atoms with Crippen molar-refractivity contribution in [1.29, 1.82) is 0 Å². The van der Waals surface area contributed by atoms with Crippen molar-refractivity contribution >= 4 is 0 Å². The molecule has 0 aliphatic rings. The normalized spacial score (nSPS) is 12.9. The topological polar surface area (TPSA) is 35.2 Å². The van der Waals surface area contributed by atoms with Crippen molar-refractivity contribution in [2.45, 2.75) is 47.1 Å². The second-order valence-corrected chi connectivity index (χ2v) is 5.44. The van der Waals surface area contributed by atoms with Crippen LogP contribution in [0.15, 0.2) is 12.1 Å². The average Bonchev–Trinajstić information content (AvgIpc) is 2.14. The van der Waals surface area contributed by atoms with Crippen molar-refractivity contribution < 1.29 is 4.74 Å². The van der Waals surface area contributed by atoms with E-state index in [1.54, 1.807) is 0 Å². The summed E-state index contributed by atoms with van der Waals surface area (Å²) in [7, 11) is 0. The molecular weight excluding hydrogens is 210 g/mol. The fourth-order valence-electron chi connectivity index (χ4n) is 2.01. The van der Waals surface area contributed by atoms with Gasteiger partial charge in [-0.05, 0) is 49.8 Å². The van der Waals surface area contributed by atoms with E-state index in [4.69, 9.17) is 10.5 Å². The van der Waals surface area contributed by atoms with Crippen molar-refractivity contribution in [3.63, 3.8) is 0 Å². The predicted octanol–water partition coefficient (Wildman–Crippen LogP) is 3.23. The second-order valence-electron chi connectivity index (χ2n) is 5.44. The van der Waals surface area contributed by atoms with Crippen molar-refractivity contribution in [1.82, 2.24) is 0 Å². The van der Waals surface area contributed by atoms with Crippen LogP contribution in [0.4, 0.5) is 0 Å². The quantitative estimate of drug-likeness (QED) is 0.850. The zero-order chi connectivity index (χ0) is 13.0. The van der Waals surface area contributed by atoms with E-state index in [2.05, 4.69) is 39.8 Å². The molecule has 1 rings (SSSR count). The molecular formula is C15H25NO. The van der Waals surface area contributed by atoms with Gasteiger partial charge in [0.15, 0.2) is 0 Å². The average molecular weight is 235 g/mol. The van der Waals surface area contributed by atoms with Gasteiger partial charge in [0.1, 0.15) is 5.75 Å². The van der Waals surface area contributed by atoms with Gasteiger partial charge >= 0.3 is 0 Å². The van der Waals surface area contributed by atoms with E-state index in [1.807, 2.05) is 6.92 Å². The molecule has 0 fully saturated rings. The van der Waals surface area contributed by atoms with E-state index in [9.17, 15) is 0 Å². The lowest BCUT2D eigenvalue weighted by atomic mass is 10.0. The summed E-state index contributed by atoms with van der Waals surface area (Å²) in [5.74, 6) is 1.59. The third-order valence-electron chi connectivity index (χ3n) is 2.64. The fourth-order valence-corrected chi connectivity index (χ4v) is 2.01. The van der Waals surface area contributed by atoms with Crippen LogP contribution in [-0.2, 0) is 6.42 Å².